The summed E-state index contributed by atoms with van der Waals surface area (Å²) in [5.74, 6) is 0.557. The molecule has 2 aromatic rings. The van der Waals surface area contributed by atoms with Gasteiger partial charge in [0.15, 0.2) is 17.8 Å². The molecule has 0 radical (unpaired) electrons. The Morgan fingerprint density at radius 2 is 1.83 bits per heavy atom. The largest absolute Gasteiger partial charge is 0.454 e. The van der Waals surface area contributed by atoms with Gasteiger partial charge in [-0.05, 0) is 30.0 Å². The van der Waals surface area contributed by atoms with Crippen LogP contribution in [0.4, 0.5) is 4.79 Å². The Labute approximate surface area is 239 Å². The summed E-state index contributed by atoms with van der Waals surface area (Å²) in [5, 5.41) is 25.3. The minimum atomic E-state index is -4.11. The summed E-state index contributed by atoms with van der Waals surface area (Å²) in [6.07, 6.45) is -4.02. The molecule has 3 aliphatic heterocycles. The number of nitrogens with zero attached hydrogens (tertiary/aromatic N) is 1. The van der Waals surface area contributed by atoms with E-state index in [1.54, 1.807) is 30.3 Å². The lowest BCUT2D eigenvalue weighted by Gasteiger charge is -2.33. The zero-order chi connectivity index (χ0) is 29.1. The number of rotatable bonds is 11. The van der Waals surface area contributed by atoms with Crippen molar-refractivity contribution in [1.29, 1.82) is 0 Å². The van der Waals surface area contributed by atoms with Gasteiger partial charge in [0.25, 0.3) is 0 Å². The molecule has 1 unspecified atom stereocenters. The number of aliphatic hydroxyl groups is 2. The highest BCUT2D eigenvalue weighted by molar-refractivity contribution is 7.89. The van der Waals surface area contributed by atoms with Gasteiger partial charge in [0.05, 0.1) is 36.2 Å². The number of alkyl carbamates (subject to hydrolysis) is 1. The summed E-state index contributed by atoms with van der Waals surface area (Å²) in [4.78, 5) is 13.0. The fraction of sp³-hybridized carbons (Fsp3) is 0.536. The molecule has 0 aliphatic carbocycles. The van der Waals surface area contributed by atoms with Gasteiger partial charge in [-0.1, -0.05) is 44.2 Å². The van der Waals surface area contributed by atoms with Crippen LogP contribution < -0.4 is 14.8 Å². The van der Waals surface area contributed by atoms with Gasteiger partial charge >= 0.3 is 6.09 Å². The number of fused-ring (bicyclic) bond motifs is 2. The van der Waals surface area contributed by atoms with Gasteiger partial charge in [0.1, 0.15) is 12.2 Å². The van der Waals surface area contributed by atoms with Crippen LogP contribution in [0.3, 0.4) is 0 Å². The van der Waals surface area contributed by atoms with Crippen LogP contribution in [0, 0.1) is 11.8 Å². The van der Waals surface area contributed by atoms with Gasteiger partial charge < -0.3 is 39.2 Å². The standard InChI is InChI=1S/C28H36N2O10S/c1-17(2)13-30(41(34,35)19-8-9-22-23(12-19)39-16-38-22)14-21(31)25(26(32)18-6-4-3-5-7-18)29-28(33)40-24-15-37-27-20(24)10-11-36-27/h3-9,12,17,20-21,24-27,31-32H,10-11,13-16H2,1-2H3,(H,29,33)/t20-,21+,24-,25+,26?,27+/m0/s1. The summed E-state index contributed by atoms with van der Waals surface area (Å²) in [5.41, 5.74) is 0.430. The van der Waals surface area contributed by atoms with Crippen molar-refractivity contribution < 1.29 is 47.1 Å². The maximum atomic E-state index is 13.7. The number of aliphatic hydroxyl groups excluding tert-OH is 2. The molecule has 0 aromatic heterocycles. The number of benzene rings is 2. The second-order valence-corrected chi connectivity index (χ2v) is 12.7. The van der Waals surface area contributed by atoms with E-state index in [9.17, 15) is 23.4 Å². The van der Waals surface area contributed by atoms with Crippen LogP contribution in [0.15, 0.2) is 53.4 Å². The van der Waals surface area contributed by atoms with Crippen molar-refractivity contribution in [2.24, 2.45) is 11.8 Å². The number of carbonyl (C=O) groups excluding carboxylic acids is 1. The molecular weight excluding hydrogens is 556 g/mol. The predicted octanol–water partition coefficient (Wildman–Crippen LogP) is 2.01. The van der Waals surface area contributed by atoms with Gasteiger partial charge in [-0.3, -0.25) is 0 Å². The molecule has 3 heterocycles. The predicted molar refractivity (Wildman–Crippen MR) is 145 cm³/mol. The maximum absolute atomic E-state index is 13.7. The topological polar surface area (TPSA) is 153 Å². The van der Waals surface area contributed by atoms with Crippen molar-refractivity contribution in [3.63, 3.8) is 0 Å². The van der Waals surface area contributed by atoms with Gasteiger partial charge in [0, 0.05) is 19.2 Å². The lowest BCUT2D eigenvalue weighted by molar-refractivity contribution is -0.0907. The number of hydrogen-bond acceptors (Lipinski definition) is 10. The average Bonchev–Trinajstić information content (AvgIpc) is 3.69. The fourth-order valence-corrected chi connectivity index (χ4v) is 6.92. The van der Waals surface area contributed by atoms with E-state index in [2.05, 4.69) is 5.32 Å². The molecule has 13 heteroatoms. The van der Waals surface area contributed by atoms with E-state index < -0.39 is 53.3 Å². The number of nitrogens with one attached hydrogen (secondary N) is 1. The Hall–Kier alpha value is -2.94. The van der Waals surface area contributed by atoms with E-state index in [0.717, 1.165) is 4.31 Å². The molecule has 0 bridgehead atoms. The molecule has 3 N–H and O–H groups in total. The Kier molecular flexibility index (Phi) is 9.02. The van der Waals surface area contributed by atoms with E-state index in [4.69, 9.17) is 23.7 Å². The molecule has 1 amide bonds. The van der Waals surface area contributed by atoms with Crippen molar-refractivity contribution in [2.45, 2.75) is 55.8 Å². The molecule has 0 saturated carbocycles. The average molecular weight is 593 g/mol. The summed E-state index contributed by atoms with van der Waals surface area (Å²) in [6.45, 7) is 4.05. The summed E-state index contributed by atoms with van der Waals surface area (Å²) < 4.78 is 55.9. The molecule has 2 aromatic carbocycles. The first-order valence-electron chi connectivity index (χ1n) is 13.6. The first kappa shape index (κ1) is 29.5. The van der Waals surface area contributed by atoms with Gasteiger partial charge in [-0.2, -0.15) is 4.31 Å². The molecule has 2 saturated heterocycles. The van der Waals surface area contributed by atoms with Gasteiger partial charge in [-0.25, -0.2) is 13.2 Å². The summed E-state index contributed by atoms with van der Waals surface area (Å²) in [7, 11) is -4.11. The quantitative estimate of drug-likeness (QED) is 0.353. The third-order valence-electron chi connectivity index (χ3n) is 7.37. The first-order valence-corrected chi connectivity index (χ1v) is 15.1. The van der Waals surface area contributed by atoms with Crippen LogP contribution >= 0.6 is 0 Å². The zero-order valence-electron chi connectivity index (χ0n) is 22.9. The van der Waals surface area contributed by atoms with E-state index in [0.29, 0.717) is 30.1 Å². The second kappa shape index (κ2) is 12.5. The normalized spacial score (nSPS) is 23.8. The molecule has 2 fully saturated rings. The van der Waals surface area contributed by atoms with Crippen molar-refractivity contribution >= 4 is 16.1 Å². The van der Waals surface area contributed by atoms with Gasteiger partial charge in [0.2, 0.25) is 16.8 Å². The van der Waals surface area contributed by atoms with Crippen LogP contribution in [0.25, 0.3) is 0 Å². The number of ether oxygens (including phenoxy) is 5. The van der Waals surface area contributed by atoms with Crippen molar-refractivity contribution in [3.05, 3.63) is 54.1 Å². The van der Waals surface area contributed by atoms with Crippen molar-refractivity contribution in [1.82, 2.24) is 9.62 Å². The first-order chi connectivity index (χ1) is 19.6. The fourth-order valence-electron chi connectivity index (χ4n) is 5.28. The third kappa shape index (κ3) is 6.60. The molecule has 0 spiro atoms. The highest BCUT2D eigenvalue weighted by atomic mass is 32.2. The second-order valence-electron chi connectivity index (χ2n) is 10.8. The van der Waals surface area contributed by atoms with Crippen molar-refractivity contribution in [2.75, 3.05) is 33.1 Å². The summed E-state index contributed by atoms with van der Waals surface area (Å²) in [6, 6.07) is 11.5. The molecule has 12 nitrogen and oxygen atoms in total. The number of hydrogen-bond donors (Lipinski definition) is 3. The zero-order valence-corrected chi connectivity index (χ0v) is 23.7. The SMILES string of the molecule is CC(C)CN(C[C@@H](O)[C@@H](NC(=O)O[C@H]1CO[C@H]2OCC[C@H]21)C(O)c1ccccc1)S(=O)(=O)c1ccc2c(c1)OCO2. The Morgan fingerprint density at radius 1 is 1.07 bits per heavy atom. The molecule has 41 heavy (non-hydrogen) atoms. The Balaban J connectivity index is 1.36. The minimum Gasteiger partial charge on any atom is -0.454 e. The number of sulfonamides is 1. The van der Waals surface area contributed by atoms with Gasteiger partial charge in [-0.15, -0.1) is 0 Å². The molecule has 6 atom stereocenters. The monoisotopic (exact) mass is 592 g/mol. The highest BCUT2D eigenvalue weighted by Crippen LogP contribution is 2.35. The summed E-state index contributed by atoms with van der Waals surface area (Å²) >= 11 is 0. The Morgan fingerprint density at radius 3 is 2.59 bits per heavy atom. The van der Waals surface area contributed by atoms with Crippen LogP contribution in [-0.4, -0.2) is 86.7 Å². The highest BCUT2D eigenvalue weighted by Gasteiger charge is 2.44. The van der Waals surface area contributed by atoms with E-state index in [1.807, 2.05) is 13.8 Å². The van der Waals surface area contributed by atoms with E-state index >= 15 is 0 Å². The van der Waals surface area contributed by atoms with Crippen LogP contribution in [0.2, 0.25) is 0 Å². The van der Waals surface area contributed by atoms with Crippen LogP contribution in [0.5, 0.6) is 11.5 Å². The minimum absolute atomic E-state index is 0.00447. The number of carbonyl (C=O) groups is 1. The molecular formula is C28H36N2O10S. The lowest BCUT2D eigenvalue weighted by Crippen LogP contribution is -2.53. The number of amides is 1. The molecule has 3 aliphatic rings. The lowest BCUT2D eigenvalue weighted by atomic mass is 9.97. The maximum Gasteiger partial charge on any atom is 0.407 e. The third-order valence-corrected chi connectivity index (χ3v) is 9.19. The smallest absolute Gasteiger partial charge is 0.407 e. The van der Waals surface area contributed by atoms with Crippen LogP contribution in [-0.2, 0) is 24.2 Å². The van der Waals surface area contributed by atoms with Crippen molar-refractivity contribution in [3.8, 4) is 11.5 Å². The van der Waals surface area contributed by atoms with E-state index in [1.165, 1.54) is 18.2 Å². The molecule has 224 valence electrons. The van der Waals surface area contributed by atoms with E-state index in [-0.39, 0.29) is 36.7 Å². The molecule has 5 rings (SSSR count). The van der Waals surface area contributed by atoms with Crippen LogP contribution in [0.1, 0.15) is 31.9 Å². The Bertz CT molecular complexity index is 1310.